The van der Waals surface area contributed by atoms with Crippen molar-refractivity contribution in [1.82, 2.24) is 0 Å². The molecule has 1 unspecified atom stereocenters. The minimum absolute atomic E-state index is 0.0667. The fourth-order valence-electron chi connectivity index (χ4n) is 2.28. The zero-order valence-corrected chi connectivity index (χ0v) is 11.6. The molecular weight excluding hydrogens is 254 g/mol. The number of carbonyl (C=O) groups excluding carboxylic acids is 1. The van der Waals surface area contributed by atoms with Crippen LogP contribution in [0, 0.1) is 5.92 Å². The second-order valence-electron chi connectivity index (χ2n) is 5.85. The van der Waals surface area contributed by atoms with E-state index in [0.29, 0.717) is 12.3 Å². The average molecular weight is 273 g/mol. The van der Waals surface area contributed by atoms with Gasteiger partial charge in [-0.25, -0.2) is 0 Å². The lowest BCUT2D eigenvalue weighted by Crippen LogP contribution is -2.35. The average Bonchev–Trinajstić information content (AvgIpc) is 3.23. The van der Waals surface area contributed by atoms with Gasteiger partial charge < -0.3 is 15.2 Å². The Kier molecular flexibility index (Phi) is 3.26. The highest BCUT2D eigenvalue weighted by molar-refractivity contribution is 5.91. The van der Waals surface area contributed by atoms with Crippen molar-refractivity contribution < 1.29 is 14.6 Å². The monoisotopic (exact) mass is 273 g/mol. The summed E-state index contributed by atoms with van der Waals surface area (Å²) in [6.07, 6.45) is 6.73. The number of rotatable bonds is 4. The predicted molar refractivity (Wildman–Crippen MR) is 77.6 cm³/mol. The van der Waals surface area contributed by atoms with E-state index in [0.717, 1.165) is 17.0 Å². The van der Waals surface area contributed by atoms with E-state index in [4.69, 9.17) is 4.74 Å². The van der Waals surface area contributed by atoms with Gasteiger partial charge in [0.05, 0.1) is 6.61 Å². The SMILES string of the molecule is CC1(CO)C=Cc2cc(NC(=O)CC3CC3)ccc2O1. The third-order valence-electron chi connectivity index (χ3n) is 3.74. The number of carbonyl (C=O) groups is 1. The second kappa shape index (κ2) is 4.94. The van der Waals surface area contributed by atoms with Gasteiger partial charge in [-0.05, 0) is 50.0 Å². The number of ether oxygens (including phenoxy) is 1. The maximum absolute atomic E-state index is 11.8. The van der Waals surface area contributed by atoms with Crippen LogP contribution in [0.25, 0.3) is 6.08 Å². The van der Waals surface area contributed by atoms with E-state index in [1.54, 1.807) is 0 Å². The Bertz CT molecular complexity index is 563. The third kappa shape index (κ3) is 2.85. The Labute approximate surface area is 118 Å². The maximum atomic E-state index is 11.8. The van der Waals surface area contributed by atoms with Crippen LogP contribution in [-0.4, -0.2) is 23.2 Å². The molecule has 4 nitrogen and oxygen atoms in total. The number of benzene rings is 1. The number of fused-ring (bicyclic) bond motifs is 1. The quantitative estimate of drug-likeness (QED) is 0.886. The lowest BCUT2D eigenvalue weighted by molar-refractivity contribution is -0.116. The summed E-state index contributed by atoms with van der Waals surface area (Å²) in [7, 11) is 0. The number of amides is 1. The molecule has 2 aliphatic rings. The second-order valence-corrected chi connectivity index (χ2v) is 5.85. The van der Waals surface area contributed by atoms with E-state index in [9.17, 15) is 9.90 Å². The molecule has 3 rings (SSSR count). The first-order chi connectivity index (χ1) is 9.58. The van der Waals surface area contributed by atoms with Crippen molar-refractivity contribution in [2.24, 2.45) is 5.92 Å². The highest BCUT2D eigenvalue weighted by Crippen LogP contribution is 2.34. The lowest BCUT2D eigenvalue weighted by atomic mass is 10.0. The normalized spacial score (nSPS) is 23.9. The van der Waals surface area contributed by atoms with Crippen LogP contribution in [-0.2, 0) is 4.79 Å². The fourth-order valence-corrected chi connectivity index (χ4v) is 2.28. The van der Waals surface area contributed by atoms with Crippen LogP contribution < -0.4 is 10.1 Å². The highest BCUT2D eigenvalue weighted by Gasteiger charge is 2.27. The van der Waals surface area contributed by atoms with Crippen molar-refractivity contribution in [3.63, 3.8) is 0 Å². The smallest absolute Gasteiger partial charge is 0.224 e. The first kappa shape index (κ1) is 13.2. The number of hydrogen-bond acceptors (Lipinski definition) is 3. The first-order valence-corrected chi connectivity index (χ1v) is 7.01. The van der Waals surface area contributed by atoms with Gasteiger partial charge in [-0.15, -0.1) is 0 Å². The predicted octanol–water partition coefficient (Wildman–Crippen LogP) is 2.58. The molecule has 1 saturated carbocycles. The number of aliphatic hydroxyl groups excluding tert-OH is 1. The molecule has 0 saturated heterocycles. The van der Waals surface area contributed by atoms with Crippen molar-refractivity contribution in [1.29, 1.82) is 0 Å². The van der Waals surface area contributed by atoms with Crippen LogP contribution >= 0.6 is 0 Å². The van der Waals surface area contributed by atoms with Gasteiger partial charge in [0.15, 0.2) is 0 Å². The molecule has 0 bridgehead atoms. The Morgan fingerprint density at radius 3 is 3.00 bits per heavy atom. The minimum atomic E-state index is -0.663. The van der Waals surface area contributed by atoms with Crippen molar-refractivity contribution in [2.45, 2.75) is 31.8 Å². The molecular formula is C16H19NO3. The highest BCUT2D eigenvalue weighted by atomic mass is 16.5. The minimum Gasteiger partial charge on any atom is -0.480 e. The number of hydrogen-bond donors (Lipinski definition) is 2. The summed E-state index contributed by atoms with van der Waals surface area (Å²) in [4.78, 5) is 11.8. The standard InChI is InChI=1S/C16H19NO3/c1-16(10-18)7-6-12-9-13(4-5-14(12)20-16)17-15(19)8-11-2-3-11/h4-7,9,11,18H,2-3,8,10H2,1H3,(H,17,19). The summed E-state index contributed by atoms with van der Waals surface area (Å²) >= 11 is 0. The molecule has 20 heavy (non-hydrogen) atoms. The molecule has 0 radical (unpaired) electrons. The molecule has 4 heteroatoms. The van der Waals surface area contributed by atoms with Gasteiger partial charge in [0.1, 0.15) is 11.4 Å². The summed E-state index contributed by atoms with van der Waals surface area (Å²) in [5, 5.41) is 12.2. The van der Waals surface area contributed by atoms with Gasteiger partial charge in [-0.2, -0.15) is 0 Å². The zero-order chi connectivity index (χ0) is 14.2. The molecule has 0 aromatic heterocycles. The molecule has 106 valence electrons. The van der Waals surface area contributed by atoms with Crippen molar-refractivity contribution in [3.05, 3.63) is 29.8 Å². The zero-order valence-electron chi connectivity index (χ0n) is 11.6. The summed E-state index contributed by atoms with van der Waals surface area (Å²) in [5.74, 6) is 1.39. The van der Waals surface area contributed by atoms with Crippen LogP contribution in [0.1, 0.15) is 31.7 Å². The Morgan fingerprint density at radius 1 is 1.50 bits per heavy atom. The van der Waals surface area contributed by atoms with E-state index in [2.05, 4.69) is 5.32 Å². The molecule has 1 heterocycles. The molecule has 1 aromatic rings. The Morgan fingerprint density at radius 2 is 2.30 bits per heavy atom. The largest absolute Gasteiger partial charge is 0.480 e. The molecule has 1 aliphatic heterocycles. The van der Waals surface area contributed by atoms with Crippen molar-refractivity contribution in [2.75, 3.05) is 11.9 Å². The van der Waals surface area contributed by atoms with Crippen LogP contribution in [0.5, 0.6) is 5.75 Å². The number of aliphatic hydroxyl groups is 1. The van der Waals surface area contributed by atoms with Gasteiger partial charge in [-0.1, -0.05) is 6.08 Å². The van der Waals surface area contributed by atoms with Crippen LogP contribution in [0.15, 0.2) is 24.3 Å². The Balaban J connectivity index is 1.72. The first-order valence-electron chi connectivity index (χ1n) is 7.01. The van der Waals surface area contributed by atoms with E-state index < -0.39 is 5.60 Å². The molecule has 1 aliphatic carbocycles. The van der Waals surface area contributed by atoms with Crippen LogP contribution in [0.4, 0.5) is 5.69 Å². The third-order valence-corrected chi connectivity index (χ3v) is 3.74. The number of nitrogens with one attached hydrogen (secondary N) is 1. The van der Waals surface area contributed by atoms with Gasteiger partial charge in [-0.3, -0.25) is 4.79 Å². The summed E-state index contributed by atoms with van der Waals surface area (Å²) < 4.78 is 5.75. The van der Waals surface area contributed by atoms with E-state index in [-0.39, 0.29) is 12.5 Å². The van der Waals surface area contributed by atoms with Crippen molar-refractivity contribution >= 4 is 17.7 Å². The van der Waals surface area contributed by atoms with Crippen LogP contribution in [0.3, 0.4) is 0 Å². The van der Waals surface area contributed by atoms with E-state index in [1.165, 1.54) is 12.8 Å². The van der Waals surface area contributed by atoms with Crippen molar-refractivity contribution in [3.8, 4) is 5.75 Å². The van der Waals surface area contributed by atoms with Gasteiger partial charge in [0, 0.05) is 17.7 Å². The van der Waals surface area contributed by atoms with Gasteiger partial charge >= 0.3 is 0 Å². The van der Waals surface area contributed by atoms with E-state index >= 15 is 0 Å². The maximum Gasteiger partial charge on any atom is 0.224 e. The molecule has 1 atom stereocenters. The summed E-state index contributed by atoms with van der Waals surface area (Å²) in [5.41, 5.74) is 1.04. The fraction of sp³-hybridized carbons (Fsp3) is 0.438. The van der Waals surface area contributed by atoms with Gasteiger partial charge in [0.2, 0.25) is 5.91 Å². The molecule has 1 aromatic carbocycles. The number of anilines is 1. The topological polar surface area (TPSA) is 58.6 Å². The molecule has 1 fully saturated rings. The van der Waals surface area contributed by atoms with Gasteiger partial charge in [0.25, 0.3) is 0 Å². The molecule has 1 amide bonds. The molecule has 0 spiro atoms. The Hall–Kier alpha value is -1.81. The van der Waals surface area contributed by atoms with Crippen LogP contribution in [0.2, 0.25) is 0 Å². The summed E-state index contributed by atoms with van der Waals surface area (Å²) in [6.45, 7) is 1.76. The molecule has 2 N–H and O–H groups in total. The van der Waals surface area contributed by atoms with E-state index in [1.807, 2.05) is 37.3 Å². The lowest BCUT2D eigenvalue weighted by Gasteiger charge is -2.29. The summed E-state index contributed by atoms with van der Waals surface area (Å²) in [6, 6.07) is 5.56.